The highest BCUT2D eigenvalue weighted by molar-refractivity contribution is 5.65. The van der Waals surface area contributed by atoms with Gasteiger partial charge in [-0.15, -0.1) is 0 Å². The van der Waals surface area contributed by atoms with Gasteiger partial charge in [0.05, 0.1) is 17.6 Å². The van der Waals surface area contributed by atoms with E-state index < -0.39 is 5.95 Å². The molecule has 0 unspecified atom stereocenters. The summed E-state index contributed by atoms with van der Waals surface area (Å²) < 4.78 is 15.3. The molecule has 0 bridgehead atoms. The molecule has 24 heavy (non-hydrogen) atoms. The van der Waals surface area contributed by atoms with Crippen molar-refractivity contribution >= 4 is 0 Å². The molecule has 0 atom stereocenters. The topological polar surface area (TPSA) is 69.4 Å². The van der Waals surface area contributed by atoms with Crippen LogP contribution in [-0.2, 0) is 6.42 Å². The molecule has 6 nitrogen and oxygen atoms in total. The summed E-state index contributed by atoms with van der Waals surface area (Å²) in [7, 11) is 0. The molecule has 0 aliphatic rings. The molecule has 0 saturated heterocycles. The van der Waals surface area contributed by atoms with Crippen molar-refractivity contribution in [2.24, 2.45) is 0 Å². The van der Waals surface area contributed by atoms with Gasteiger partial charge in [-0.2, -0.15) is 9.49 Å². The molecule has 3 aromatic heterocycles. The van der Waals surface area contributed by atoms with Crippen molar-refractivity contribution in [1.82, 2.24) is 29.7 Å². The van der Waals surface area contributed by atoms with Gasteiger partial charge >= 0.3 is 0 Å². The van der Waals surface area contributed by atoms with Crippen LogP contribution < -0.4 is 0 Å². The Balaban J connectivity index is 0.00000100. The number of hydrogen-bond donors (Lipinski definition) is 0. The maximum absolute atomic E-state index is 13.8. The largest absolute Gasteiger partial charge is 0.242 e. The van der Waals surface area contributed by atoms with E-state index in [2.05, 4.69) is 25.0 Å². The predicted octanol–water partition coefficient (Wildman–Crippen LogP) is 3.46. The van der Waals surface area contributed by atoms with Gasteiger partial charge in [-0.25, -0.2) is 24.6 Å². The van der Waals surface area contributed by atoms with Crippen molar-refractivity contribution in [2.75, 3.05) is 0 Å². The summed E-state index contributed by atoms with van der Waals surface area (Å²) in [5.41, 5.74) is 3.68. The van der Waals surface area contributed by atoms with Crippen LogP contribution in [0.3, 0.4) is 0 Å². The number of nitrogens with zero attached hydrogens (tertiary/aromatic N) is 6. The van der Waals surface area contributed by atoms with Gasteiger partial charge in [-0.05, 0) is 25.8 Å². The third-order valence-electron chi connectivity index (χ3n) is 3.37. The summed E-state index contributed by atoms with van der Waals surface area (Å²) in [6.07, 6.45) is 6.81. The fourth-order valence-corrected chi connectivity index (χ4v) is 2.26. The Hall–Kier alpha value is -2.70. The molecule has 0 aromatic carbocycles. The highest BCUT2D eigenvalue weighted by atomic mass is 19.1. The first-order chi connectivity index (χ1) is 11.6. The van der Waals surface area contributed by atoms with Crippen molar-refractivity contribution in [2.45, 2.75) is 41.0 Å². The lowest BCUT2D eigenvalue weighted by atomic mass is 10.1. The molecule has 3 heterocycles. The Bertz CT molecular complexity index is 828. The zero-order valence-corrected chi connectivity index (χ0v) is 14.6. The molecule has 3 aromatic rings. The smallest absolute Gasteiger partial charge is 0.241 e. The zero-order chi connectivity index (χ0) is 17.7. The van der Waals surface area contributed by atoms with Gasteiger partial charge in [0, 0.05) is 18.0 Å². The van der Waals surface area contributed by atoms with Gasteiger partial charge in [0.15, 0.2) is 0 Å². The summed E-state index contributed by atoms with van der Waals surface area (Å²) >= 11 is 0. The monoisotopic (exact) mass is 328 g/mol. The van der Waals surface area contributed by atoms with Crippen LogP contribution in [0.25, 0.3) is 16.9 Å². The van der Waals surface area contributed by atoms with Gasteiger partial charge in [-0.1, -0.05) is 20.8 Å². The second-order valence-electron chi connectivity index (χ2n) is 4.94. The summed E-state index contributed by atoms with van der Waals surface area (Å²) in [5.74, 6) is 0.0759. The van der Waals surface area contributed by atoms with Crippen molar-refractivity contribution in [1.29, 1.82) is 0 Å². The van der Waals surface area contributed by atoms with Gasteiger partial charge in [-0.3, -0.25) is 0 Å². The molecule has 0 aliphatic carbocycles. The maximum Gasteiger partial charge on any atom is 0.241 e. The molecule has 7 heteroatoms. The van der Waals surface area contributed by atoms with Gasteiger partial charge in [0.1, 0.15) is 17.8 Å². The third kappa shape index (κ3) is 3.45. The number of halogens is 1. The maximum atomic E-state index is 13.8. The normalized spacial score (nSPS) is 10.2. The molecule has 0 saturated carbocycles. The number of hydrogen-bond acceptors (Lipinski definition) is 5. The quantitative estimate of drug-likeness (QED) is 0.689. The Morgan fingerprint density at radius 3 is 2.54 bits per heavy atom. The molecule has 0 aliphatic heterocycles. The van der Waals surface area contributed by atoms with Crippen LogP contribution in [0, 0.1) is 19.8 Å². The van der Waals surface area contributed by atoms with Crippen LogP contribution in [0.2, 0.25) is 0 Å². The van der Waals surface area contributed by atoms with E-state index in [0.29, 0.717) is 12.2 Å². The molecule has 0 spiro atoms. The molecule has 3 rings (SSSR count). The third-order valence-corrected chi connectivity index (χ3v) is 3.37. The first-order valence-corrected chi connectivity index (χ1v) is 7.95. The standard InChI is InChI=1S/C15H15FN6.C2H6/c1-4-12-11(14-9(2)5-18-10(3)20-14)7-22(21-12)13-6-17-8-19-15(13)16;1-2/h5-8H,4H2,1-3H3;1-2H3. The summed E-state index contributed by atoms with van der Waals surface area (Å²) in [6, 6.07) is 0. The minimum Gasteiger partial charge on any atom is -0.242 e. The molecule has 0 fully saturated rings. The Morgan fingerprint density at radius 1 is 1.12 bits per heavy atom. The van der Waals surface area contributed by atoms with Crippen molar-refractivity contribution in [3.05, 3.63) is 47.9 Å². The van der Waals surface area contributed by atoms with Crippen LogP contribution in [0.1, 0.15) is 37.9 Å². The van der Waals surface area contributed by atoms with E-state index in [4.69, 9.17) is 0 Å². The zero-order valence-electron chi connectivity index (χ0n) is 14.6. The van der Waals surface area contributed by atoms with Crippen molar-refractivity contribution in [3.63, 3.8) is 0 Å². The van der Waals surface area contributed by atoms with E-state index in [-0.39, 0.29) is 5.69 Å². The highest BCUT2D eigenvalue weighted by Crippen LogP contribution is 2.26. The van der Waals surface area contributed by atoms with E-state index in [1.807, 2.05) is 34.6 Å². The number of aryl methyl sites for hydroxylation is 3. The summed E-state index contributed by atoms with van der Waals surface area (Å²) in [4.78, 5) is 16.1. The van der Waals surface area contributed by atoms with E-state index in [9.17, 15) is 4.39 Å². The Kier molecular flexibility index (Phi) is 5.68. The molecule has 0 radical (unpaired) electrons. The van der Waals surface area contributed by atoms with E-state index in [0.717, 1.165) is 22.5 Å². The molecular weight excluding hydrogens is 307 g/mol. The van der Waals surface area contributed by atoms with E-state index in [1.165, 1.54) is 17.2 Å². The SMILES string of the molecule is CC.CCc1nn(-c2cncnc2F)cc1-c1nc(C)ncc1C. The minimum absolute atomic E-state index is 0.215. The van der Waals surface area contributed by atoms with Crippen molar-refractivity contribution in [3.8, 4) is 16.9 Å². The first-order valence-electron chi connectivity index (χ1n) is 7.95. The van der Waals surface area contributed by atoms with Crippen LogP contribution >= 0.6 is 0 Å². The Labute approximate surface area is 140 Å². The van der Waals surface area contributed by atoms with Gasteiger partial charge in [0.2, 0.25) is 5.95 Å². The molecular formula is C17H21FN6. The lowest BCUT2D eigenvalue weighted by molar-refractivity contribution is 0.563. The molecule has 0 amide bonds. The molecule has 0 N–H and O–H groups in total. The average Bonchev–Trinajstić information content (AvgIpc) is 3.03. The second kappa shape index (κ2) is 7.72. The van der Waals surface area contributed by atoms with E-state index in [1.54, 1.807) is 12.4 Å². The van der Waals surface area contributed by atoms with E-state index >= 15 is 0 Å². The lowest BCUT2D eigenvalue weighted by Gasteiger charge is -2.04. The van der Waals surface area contributed by atoms with Gasteiger partial charge in [0.25, 0.3) is 0 Å². The van der Waals surface area contributed by atoms with Crippen LogP contribution in [0.4, 0.5) is 4.39 Å². The first kappa shape index (κ1) is 17.7. The molecule has 126 valence electrons. The predicted molar refractivity (Wildman–Crippen MR) is 90.3 cm³/mol. The fraction of sp³-hybridized carbons (Fsp3) is 0.353. The van der Waals surface area contributed by atoms with Crippen LogP contribution in [0.5, 0.6) is 0 Å². The minimum atomic E-state index is -0.609. The lowest BCUT2D eigenvalue weighted by Crippen LogP contribution is -2.01. The van der Waals surface area contributed by atoms with Crippen LogP contribution in [-0.4, -0.2) is 29.7 Å². The summed E-state index contributed by atoms with van der Waals surface area (Å²) in [6.45, 7) is 9.78. The fourth-order valence-electron chi connectivity index (χ4n) is 2.26. The highest BCUT2D eigenvalue weighted by Gasteiger charge is 2.16. The number of rotatable bonds is 3. The van der Waals surface area contributed by atoms with Crippen LogP contribution in [0.15, 0.2) is 24.9 Å². The van der Waals surface area contributed by atoms with Crippen molar-refractivity contribution < 1.29 is 4.39 Å². The average molecular weight is 328 g/mol. The second-order valence-corrected chi connectivity index (χ2v) is 4.94. The number of aromatic nitrogens is 6. The van der Waals surface area contributed by atoms with Gasteiger partial charge < -0.3 is 0 Å². The summed E-state index contributed by atoms with van der Waals surface area (Å²) in [5, 5.41) is 4.44. The Morgan fingerprint density at radius 2 is 1.88 bits per heavy atom.